The third kappa shape index (κ3) is 3.41. The van der Waals surface area contributed by atoms with E-state index in [2.05, 4.69) is 4.72 Å². The van der Waals surface area contributed by atoms with Gasteiger partial charge in [-0.15, -0.1) is 0 Å². The number of halogens is 1. The second kappa shape index (κ2) is 4.50. The highest BCUT2D eigenvalue weighted by molar-refractivity contribution is 7.89. The lowest BCUT2D eigenvalue weighted by molar-refractivity contribution is -0.115. The summed E-state index contributed by atoms with van der Waals surface area (Å²) in [5.41, 5.74) is 0. The number of sulfonamides is 1. The van der Waals surface area contributed by atoms with Crippen LogP contribution in [0.2, 0.25) is 0 Å². The van der Waals surface area contributed by atoms with Crippen molar-refractivity contribution in [1.82, 2.24) is 4.72 Å². The van der Waals surface area contributed by atoms with Gasteiger partial charge >= 0.3 is 0 Å². The molecule has 1 aromatic carbocycles. The number of benzene rings is 1. The Kier molecular flexibility index (Phi) is 3.54. The topological polar surface area (TPSA) is 63.2 Å². The van der Waals surface area contributed by atoms with Gasteiger partial charge in [0.1, 0.15) is 11.6 Å². The Balaban J connectivity index is 2.91. The van der Waals surface area contributed by atoms with E-state index in [9.17, 15) is 17.6 Å². The molecule has 0 spiro atoms. The molecular weight excluding hydrogens is 221 g/mol. The number of carbonyl (C=O) groups excluding carboxylic acids is 1. The predicted molar refractivity (Wildman–Crippen MR) is 52.3 cm³/mol. The molecule has 82 valence electrons. The zero-order valence-electron chi connectivity index (χ0n) is 8.03. The highest BCUT2D eigenvalue weighted by Crippen LogP contribution is 2.09. The van der Waals surface area contributed by atoms with Crippen molar-refractivity contribution in [2.45, 2.75) is 11.8 Å². The summed E-state index contributed by atoms with van der Waals surface area (Å²) in [5, 5.41) is 0. The van der Waals surface area contributed by atoms with Crippen LogP contribution in [0.5, 0.6) is 0 Å². The molecule has 0 aliphatic heterocycles. The van der Waals surface area contributed by atoms with Crippen LogP contribution in [0.3, 0.4) is 0 Å². The maximum atomic E-state index is 12.7. The second-order valence-corrected chi connectivity index (χ2v) is 4.75. The number of hydrogen-bond donors (Lipinski definition) is 1. The van der Waals surface area contributed by atoms with Gasteiger partial charge in [0, 0.05) is 0 Å². The van der Waals surface area contributed by atoms with E-state index in [4.69, 9.17) is 0 Å². The molecule has 0 bridgehead atoms. The van der Waals surface area contributed by atoms with E-state index in [1.165, 1.54) is 19.1 Å². The van der Waals surface area contributed by atoms with Crippen molar-refractivity contribution < 1.29 is 17.6 Å². The molecule has 1 rings (SSSR count). The molecule has 0 aliphatic rings. The average molecular weight is 231 g/mol. The lowest BCUT2D eigenvalue weighted by Crippen LogP contribution is -2.28. The van der Waals surface area contributed by atoms with E-state index >= 15 is 0 Å². The summed E-state index contributed by atoms with van der Waals surface area (Å²) in [7, 11) is -3.79. The van der Waals surface area contributed by atoms with Gasteiger partial charge in [-0.3, -0.25) is 4.79 Å². The summed E-state index contributed by atoms with van der Waals surface area (Å²) >= 11 is 0. The Morgan fingerprint density at radius 2 is 2.13 bits per heavy atom. The van der Waals surface area contributed by atoms with Crippen molar-refractivity contribution in [3.63, 3.8) is 0 Å². The first-order valence-corrected chi connectivity index (χ1v) is 5.65. The van der Waals surface area contributed by atoms with Crippen LogP contribution in [0.1, 0.15) is 6.92 Å². The SMILES string of the molecule is CC(=O)CNS(=O)(=O)c1cccc(F)c1. The molecule has 0 aromatic heterocycles. The normalized spacial score (nSPS) is 11.3. The standard InChI is InChI=1S/C9H10FNO3S/c1-7(12)6-11-15(13,14)9-4-2-3-8(10)5-9/h2-5,11H,6H2,1H3. The van der Waals surface area contributed by atoms with Crippen molar-refractivity contribution in [1.29, 1.82) is 0 Å². The number of rotatable bonds is 4. The minimum atomic E-state index is -3.79. The molecule has 6 heteroatoms. The van der Waals surface area contributed by atoms with Gasteiger partial charge in [0.15, 0.2) is 0 Å². The van der Waals surface area contributed by atoms with Gasteiger partial charge in [-0.1, -0.05) is 6.07 Å². The summed E-state index contributed by atoms with van der Waals surface area (Å²) in [4.78, 5) is 10.4. The van der Waals surface area contributed by atoms with E-state index in [-0.39, 0.29) is 17.2 Å². The van der Waals surface area contributed by atoms with Crippen LogP contribution in [0, 0.1) is 5.82 Å². The predicted octanol–water partition coefficient (Wildman–Crippen LogP) is 0.693. The number of nitrogens with one attached hydrogen (secondary N) is 1. The molecule has 0 saturated carbocycles. The van der Waals surface area contributed by atoms with Gasteiger partial charge < -0.3 is 0 Å². The molecule has 0 heterocycles. The van der Waals surface area contributed by atoms with Crippen LogP contribution in [-0.4, -0.2) is 20.7 Å². The van der Waals surface area contributed by atoms with Gasteiger partial charge in [0.05, 0.1) is 11.4 Å². The quantitative estimate of drug-likeness (QED) is 0.829. The van der Waals surface area contributed by atoms with Crippen molar-refractivity contribution >= 4 is 15.8 Å². The average Bonchev–Trinajstić information content (AvgIpc) is 2.15. The van der Waals surface area contributed by atoms with Crippen LogP contribution < -0.4 is 4.72 Å². The van der Waals surface area contributed by atoms with Crippen LogP contribution in [0.4, 0.5) is 4.39 Å². The van der Waals surface area contributed by atoms with Crippen molar-refractivity contribution in [2.24, 2.45) is 0 Å². The first-order valence-electron chi connectivity index (χ1n) is 4.16. The van der Waals surface area contributed by atoms with E-state index < -0.39 is 15.8 Å². The summed E-state index contributed by atoms with van der Waals surface area (Å²) in [6.07, 6.45) is 0. The Bertz CT molecular complexity index is 470. The summed E-state index contributed by atoms with van der Waals surface area (Å²) in [6, 6.07) is 4.58. The largest absolute Gasteiger partial charge is 0.299 e. The van der Waals surface area contributed by atoms with Gasteiger partial charge in [-0.05, 0) is 25.1 Å². The molecule has 0 radical (unpaired) electrons. The maximum absolute atomic E-state index is 12.7. The molecule has 1 N–H and O–H groups in total. The zero-order chi connectivity index (χ0) is 11.5. The van der Waals surface area contributed by atoms with Crippen molar-refractivity contribution in [3.05, 3.63) is 30.1 Å². The molecule has 0 aliphatic carbocycles. The molecule has 0 amide bonds. The third-order valence-corrected chi connectivity index (χ3v) is 3.02. The van der Waals surface area contributed by atoms with Gasteiger partial charge in [0.25, 0.3) is 0 Å². The van der Waals surface area contributed by atoms with Crippen molar-refractivity contribution in [2.75, 3.05) is 6.54 Å². The molecule has 1 aromatic rings. The smallest absolute Gasteiger partial charge is 0.241 e. The van der Waals surface area contributed by atoms with E-state index in [1.54, 1.807) is 0 Å². The van der Waals surface area contributed by atoms with Crippen LogP contribution in [0.15, 0.2) is 29.2 Å². The fourth-order valence-corrected chi connectivity index (χ4v) is 2.00. The highest BCUT2D eigenvalue weighted by atomic mass is 32.2. The molecule has 4 nitrogen and oxygen atoms in total. The van der Waals surface area contributed by atoms with Crippen LogP contribution in [0.25, 0.3) is 0 Å². The Morgan fingerprint density at radius 1 is 1.47 bits per heavy atom. The highest BCUT2D eigenvalue weighted by Gasteiger charge is 2.14. The Labute approximate surface area is 87.2 Å². The monoisotopic (exact) mass is 231 g/mol. The first kappa shape index (κ1) is 11.8. The van der Waals surface area contributed by atoms with Crippen LogP contribution >= 0.6 is 0 Å². The molecule has 0 fully saturated rings. The van der Waals surface area contributed by atoms with E-state index in [0.29, 0.717) is 0 Å². The Morgan fingerprint density at radius 3 is 2.67 bits per heavy atom. The number of ketones is 1. The number of carbonyl (C=O) groups is 1. The van der Waals surface area contributed by atoms with Gasteiger partial charge in [-0.2, -0.15) is 0 Å². The molecule has 0 atom stereocenters. The van der Waals surface area contributed by atoms with Gasteiger partial charge in [0.2, 0.25) is 10.0 Å². The second-order valence-electron chi connectivity index (χ2n) is 2.98. The summed E-state index contributed by atoms with van der Waals surface area (Å²) < 4.78 is 37.7. The van der Waals surface area contributed by atoms with Gasteiger partial charge in [-0.25, -0.2) is 17.5 Å². The molecular formula is C9H10FNO3S. The third-order valence-electron chi connectivity index (χ3n) is 1.62. The zero-order valence-corrected chi connectivity index (χ0v) is 8.84. The minimum absolute atomic E-state index is 0.191. The van der Waals surface area contributed by atoms with Crippen LogP contribution in [-0.2, 0) is 14.8 Å². The summed E-state index contributed by atoms with van der Waals surface area (Å²) in [6.45, 7) is 0.965. The Hall–Kier alpha value is -1.27. The maximum Gasteiger partial charge on any atom is 0.241 e. The number of hydrogen-bond acceptors (Lipinski definition) is 3. The fraction of sp³-hybridized carbons (Fsp3) is 0.222. The number of Topliss-reactive ketones (excluding diaryl/α,β-unsaturated/α-hetero) is 1. The van der Waals surface area contributed by atoms with E-state index in [1.807, 2.05) is 0 Å². The fourth-order valence-electron chi connectivity index (χ4n) is 0.914. The minimum Gasteiger partial charge on any atom is -0.299 e. The molecule has 15 heavy (non-hydrogen) atoms. The molecule has 0 unspecified atom stereocenters. The molecule has 0 saturated heterocycles. The van der Waals surface area contributed by atoms with E-state index in [0.717, 1.165) is 12.1 Å². The first-order chi connectivity index (χ1) is 6.92. The van der Waals surface area contributed by atoms with Crippen molar-refractivity contribution in [3.8, 4) is 0 Å². The summed E-state index contributed by atoms with van der Waals surface area (Å²) in [5.74, 6) is -0.948. The lowest BCUT2D eigenvalue weighted by Gasteiger charge is -2.04. The lowest BCUT2D eigenvalue weighted by atomic mass is 10.4.